The summed E-state index contributed by atoms with van der Waals surface area (Å²) in [5.74, 6) is 2.04. The molecule has 0 bridgehead atoms. The Kier molecular flexibility index (Phi) is 37.3. The fourth-order valence-corrected chi connectivity index (χ4v) is 7.93. The first-order valence-electron chi connectivity index (χ1n) is 20.6. The molecule has 1 unspecified atom stereocenters. The molecule has 1 aliphatic rings. The van der Waals surface area contributed by atoms with Gasteiger partial charge in [0.25, 0.3) is 0 Å². The lowest BCUT2D eigenvalue weighted by molar-refractivity contribution is -0.00609. The summed E-state index contributed by atoms with van der Waals surface area (Å²) in [5, 5.41) is 0. The van der Waals surface area contributed by atoms with Gasteiger partial charge in [-0.2, -0.15) is 0 Å². The smallest absolute Gasteiger partial charge is 0.0906 e. The summed E-state index contributed by atoms with van der Waals surface area (Å²) in [4.78, 5) is 4.23. The van der Waals surface area contributed by atoms with E-state index in [0.717, 1.165) is 57.0 Å². The lowest BCUT2D eigenvalue weighted by Gasteiger charge is -2.18. The number of allylic oxidation sites excluding steroid dienone is 8. The molecule has 3 nitrogen and oxygen atoms in total. The van der Waals surface area contributed by atoms with E-state index in [1.54, 1.807) is 0 Å². The summed E-state index contributed by atoms with van der Waals surface area (Å²) >= 11 is 0. The summed E-state index contributed by atoms with van der Waals surface area (Å²) in [7, 11) is 3.85. The summed E-state index contributed by atoms with van der Waals surface area (Å²) in [6.07, 6.45) is 54.7. The van der Waals surface area contributed by atoms with Crippen molar-refractivity contribution in [1.82, 2.24) is 0 Å². The first kappa shape index (κ1) is 46.0. The molecule has 0 aromatic carbocycles. The highest BCUT2D eigenvalue weighted by Crippen LogP contribution is 2.27. The van der Waals surface area contributed by atoms with Gasteiger partial charge in [0.15, 0.2) is 0 Å². The molecule has 1 aliphatic heterocycles. The quantitative estimate of drug-likeness (QED) is 0.0362. The first-order chi connectivity index (χ1) is 24.4. The Hall–Kier alpha value is -1.01. The van der Waals surface area contributed by atoms with Crippen molar-refractivity contribution in [2.45, 2.75) is 180 Å². The lowest BCUT2D eigenvalue weighted by atomic mass is 10.1. The molecule has 0 saturated carbocycles. The number of hydrogen-bond donors (Lipinski definition) is 0. The van der Waals surface area contributed by atoms with Crippen molar-refractivity contribution in [2.75, 3.05) is 31.3 Å². The predicted molar refractivity (Wildman–Crippen MR) is 225 cm³/mol. The fraction of sp³-hybridized carbons (Fsp3) is 0.750. The third-order valence-corrected chi connectivity index (χ3v) is 11.2. The Morgan fingerprint density at radius 1 is 0.592 bits per heavy atom. The Balaban J connectivity index is 2.04. The van der Waals surface area contributed by atoms with E-state index in [1.807, 2.05) is 34.0 Å². The third kappa shape index (κ3) is 35.2. The lowest BCUT2D eigenvalue weighted by Crippen LogP contribution is -2.23. The van der Waals surface area contributed by atoms with Gasteiger partial charge in [0.05, 0.1) is 12.7 Å². The molecule has 0 spiro atoms. The molecule has 1 atom stereocenters. The first-order valence-corrected chi connectivity index (χ1v) is 23.1. The largest absolute Gasteiger partial charge is 0.379 e. The van der Waals surface area contributed by atoms with Gasteiger partial charge in [-0.15, -0.1) is 0 Å². The molecule has 5 heteroatoms. The zero-order valence-electron chi connectivity index (χ0n) is 32.1. The minimum atomic E-state index is 0.189. The maximum absolute atomic E-state index is 6.34. The summed E-state index contributed by atoms with van der Waals surface area (Å²) in [6, 6.07) is 0. The standard InChI is InChI=1S/C44H77NO2S2/c1-3-5-7-9-11-13-15-17-19-21-23-25-27-29-31-33-37-46-40-44(42-49-48-41-43-35-36-45-39-43)47-38-34-32-30-28-26-24-22-20-18-16-14-12-10-8-6-4-2/h11-14,17-20,36,39,44H,3-10,15-16,21-35,37-38,40-42H2,1-2H3/b13-11-,14-12-,19-17-,20-18-. The number of hydrogen-bond acceptors (Lipinski definition) is 5. The van der Waals surface area contributed by atoms with Crippen molar-refractivity contribution in [2.24, 2.45) is 4.99 Å². The maximum atomic E-state index is 6.34. The van der Waals surface area contributed by atoms with Crippen molar-refractivity contribution in [3.8, 4) is 0 Å². The van der Waals surface area contributed by atoms with Crippen LogP contribution < -0.4 is 0 Å². The van der Waals surface area contributed by atoms with Crippen molar-refractivity contribution in [3.05, 3.63) is 60.4 Å². The van der Waals surface area contributed by atoms with Gasteiger partial charge in [-0.05, 0) is 82.6 Å². The Bertz CT molecular complexity index is 863. The van der Waals surface area contributed by atoms with E-state index in [-0.39, 0.29) is 6.10 Å². The second-order valence-electron chi connectivity index (χ2n) is 13.6. The minimum Gasteiger partial charge on any atom is -0.379 e. The zero-order chi connectivity index (χ0) is 35.0. The minimum absolute atomic E-state index is 0.189. The van der Waals surface area contributed by atoms with E-state index in [1.165, 1.54) is 140 Å². The van der Waals surface area contributed by atoms with Crippen LogP contribution in [0, 0.1) is 0 Å². The van der Waals surface area contributed by atoms with Crippen LogP contribution in [0.1, 0.15) is 174 Å². The average molecular weight is 716 g/mol. The molecule has 0 fully saturated rings. The normalized spacial score (nSPS) is 14.1. The van der Waals surface area contributed by atoms with Crippen LogP contribution in [0.5, 0.6) is 0 Å². The Labute approximate surface area is 313 Å². The predicted octanol–water partition coefficient (Wildman–Crippen LogP) is 14.8. The third-order valence-electron chi connectivity index (χ3n) is 8.79. The molecule has 282 valence electrons. The van der Waals surface area contributed by atoms with Crippen LogP contribution in [-0.4, -0.2) is 43.6 Å². The van der Waals surface area contributed by atoms with Gasteiger partial charge in [-0.25, -0.2) is 0 Å². The van der Waals surface area contributed by atoms with Crippen LogP contribution in [0.25, 0.3) is 0 Å². The SMILES string of the molecule is CCCCC/C=C\C/C=C\CCCCCCCCOCC(CSSCC1=CN=CC1)OCCCCCCCC/C=C\C/C=C\CCCCC. The van der Waals surface area contributed by atoms with Gasteiger partial charge in [-0.1, -0.05) is 161 Å². The number of unbranched alkanes of at least 4 members (excludes halogenated alkanes) is 18. The van der Waals surface area contributed by atoms with Crippen molar-refractivity contribution >= 4 is 27.8 Å². The number of aliphatic imine (C=N–C) groups is 1. The van der Waals surface area contributed by atoms with Crippen molar-refractivity contribution in [1.29, 1.82) is 0 Å². The van der Waals surface area contributed by atoms with Gasteiger partial charge in [0.1, 0.15) is 0 Å². The average Bonchev–Trinajstić information content (AvgIpc) is 3.64. The number of rotatable bonds is 38. The summed E-state index contributed by atoms with van der Waals surface area (Å²) < 4.78 is 12.5. The van der Waals surface area contributed by atoms with Gasteiger partial charge in [0, 0.05) is 43.6 Å². The van der Waals surface area contributed by atoms with Gasteiger partial charge >= 0.3 is 0 Å². The zero-order valence-corrected chi connectivity index (χ0v) is 33.8. The molecule has 49 heavy (non-hydrogen) atoms. The second kappa shape index (κ2) is 39.8. The fourth-order valence-electron chi connectivity index (χ4n) is 5.61. The van der Waals surface area contributed by atoms with Gasteiger partial charge in [-0.3, -0.25) is 4.99 Å². The van der Waals surface area contributed by atoms with E-state index in [0.29, 0.717) is 0 Å². The van der Waals surface area contributed by atoms with Crippen LogP contribution in [0.2, 0.25) is 0 Å². The molecule has 0 saturated heterocycles. The molecule has 0 aromatic rings. The highest BCUT2D eigenvalue weighted by atomic mass is 33.1. The molecule has 1 heterocycles. The van der Waals surface area contributed by atoms with E-state index in [4.69, 9.17) is 9.47 Å². The summed E-state index contributed by atoms with van der Waals surface area (Å²) in [5.41, 5.74) is 1.42. The Morgan fingerprint density at radius 2 is 1.08 bits per heavy atom. The highest BCUT2D eigenvalue weighted by molar-refractivity contribution is 8.76. The van der Waals surface area contributed by atoms with Crippen LogP contribution in [0.3, 0.4) is 0 Å². The van der Waals surface area contributed by atoms with Crippen LogP contribution in [0.4, 0.5) is 0 Å². The van der Waals surface area contributed by atoms with Gasteiger partial charge < -0.3 is 9.47 Å². The monoisotopic (exact) mass is 716 g/mol. The van der Waals surface area contributed by atoms with Crippen LogP contribution in [0.15, 0.2) is 65.4 Å². The van der Waals surface area contributed by atoms with E-state index in [2.05, 4.69) is 67.4 Å². The summed E-state index contributed by atoms with van der Waals surface area (Å²) in [6.45, 7) is 6.98. The maximum Gasteiger partial charge on any atom is 0.0906 e. The van der Waals surface area contributed by atoms with Crippen LogP contribution in [-0.2, 0) is 9.47 Å². The van der Waals surface area contributed by atoms with Crippen LogP contribution >= 0.6 is 21.6 Å². The van der Waals surface area contributed by atoms with E-state index < -0.39 is 0 Å². The highest BCUT2D eigenvalue weighted by Gasteiger charge is 2.11. The van der Waals surface area contributed by atoms with E-state index in [9.17, 15) is 0 Å². The second-order valence-corrected chi connectivity index (χ2v) is 16.1. The molecule has 0 radical (unpaired) electrons. The molecule has 0 amide bonds. The molecule has 1 rings (SSSR count). The molecular weight excluding hydrogens is 639 g/mol. The van der Waals surface area contributed by atoms with Crippen molar-refractivity contribution in [3.63, 3.8) is 0 Å². The van der Waals surface area contributed by atoms with Gasteiger partial charge in [0.2, 0.25) is 0 Å². The molecule has 0 N–H and O–H groups in total. The topological polar surface area (TPSA) is 30.8 Å². The van der Waals surface area contributed by atoms with Crippen molar-refractivity contribution < 1.29 is 9.47 Å². The van der Waals surface area contributed by atoms with E-state index >= 15 is 0 Å². The Morgan fingerprint density at radius 3 is 1.59 bits per heavy atom. The molecular formula is C44H77NO2S2. The number of nitrogens with zero attached hydrogens (tertiary/aromatic N) is 1. The number of ether oxygens (including phenoxy) is 2. The molecule has 0 aliphatic carbocycles. The molecule has 0 aromatic heterocycles.